The van der Waals surface area contributed by atoms with E-state index >= 15 is 0 Å². The van der Waals surface area contributed by atoms with Crippen LogP contribution in [0.4, 0.5) is 5.13 Å². The molecule has 0 fully saturated rings. The molecule has 6 rings (SSSR count). The summed E-state index contributed by atoms with van der Waals surface area (Å²) in [5, 5.41) is 4.41. The first kappa shape index (κ1) is 23.0. The number of benzene rings is 3. The zero-order valence-electron chi connectivity index (χ0n) is 20.3. The molecule has 0 unspecified atom stereocenters. The minimum Gasteiger partial charge on any atom is -0.454 e. The van der Waals surface area contributed by atoms with Gasteiger partial charge in [0.2, 0.25) is 12.7 Å². The highest BCUT2D eigenvalue weighted by atomic mass is 32.1. The lowest BCUT2D eigenvalue weighted by Crippen LogP contribution is -2.14. The molecule has 8 heteroatoms. The zero-order chi connectivity index (χ0) is 25.5. The van der Waals surface area contributed by atoms with E-state index in [4.69, 9.17) is 14.5 Å². The smallest absolute Gasteiger partial charge is 0.262 e. The number of hydrogen-bond acceptors (Lipinski definition) is 6. The van der Waals surface area contributed by atoms with Gasteiger partial charge in [0, 0.05) is 27.6 Å². The van der Waals surface area contributed by atoms with Gasteiger partial charge >= 0.3 is 0 Å². The number of amides is 1. The van der Waals surface area contributed by atoms with E-state index in [9.17, 15) is 9.59 Å². The van der Waals surface area contributed by atoms with Gasteiger partial charge in [-0.2, -0.15) is 0 Å². The van der Waals surface area contributed by atoms with Crippen molar-refractivity contribution in [1.29, 1.82) is 0 Å². The molecule has 0 bridgehead atoms. The Hall–Kier alpha value is -4.43. The third kappa shape index (κ3) is 4.36. The van der Waals surface area contributed by atoms with Gasteiger partial charge in [0.25, 0.3) is 5.91 Å². The molecule has 2 aromatic heterocycles. The summed E-state index contributed by atoms with van der Waals surface area (Å²) in [5.74, 6) is 1.14. The van der Waals surface area contributed by atoms with Crippen LogP contribution in [0.3, 0.4) is 0 Å². The number of thiazole rings is 1. The molecule has 0 aliphatic carbocycles. The normalized spacial score (nSPS) is 12.2. The van der Waals surface area contributed by atoms with Crippen LogP contribution >= 0.6 is 11.3 Å². The van der Waals surface area contributed by atoms with Crippen molar-refractivity contribution in [2.75, 3.05) is 12.1 Å². The maximum absolute atomic E-state index is 13.1. The van der Waals surface area contributed by atoms with Crippen LogP contribution in [0.2, 0.25) is 0 Å². The Bertz CT molecular complexity index is 1680. The van der Waals surface area contributed by atoms with Gasteiger partial charge in [-0.1, -0.05) is 30.3 Å². The van der Waals surface area contributed by atoms with E-state index in [1.54, 1.807) is 10.8 Å². The first-order chi connectivity index (χ1) is 18.0. The van der Waals surface area contributed by atoms with E-state index in [1.807, 2.05) is 80.6 Å². The lowest BCUT2D eigenvalue weighted by Gasteiger charge is -2.07. The van der Waals surface area contributed by atoms with Gasteiger partial charge in [-0.15, -0.1) is 11.3 Å². The Morgan fingerprint density at radius 1 is 1.00 bits per heavy atom. The molecule has 184 valence electrons. The third-order valence-corrected chi connectivity index (χ3v) is 7.29. The lowest BCUT2D eigenvalue weighted by atomic mass is 10.1. The standard InChI is InChI=1S/C29H23N3O4S/c1-17-5-3-4-6-22(17)28(34)32-12-11-20-15-21(8-9-23(20)32)27-18(2)37-29(31-27)30-26(33)14-19-7-10-24-25(13-19)36-16-35-24/h3-13,15H,14,16H2,1-2H3,(H,30,31,33). The summed E-state index contributed by atoms with van der Waals surface area (Å²) in [7, 11) is 0. The number of ether oxygens (including phenoxy) is 2. The van der Waals surface area contributed by atoms with E-state index in [-0.39, 0.29) is 25.0 Å². The zero-order valence-corrected chi connectivity index (χ0v) is 21.1. The Morgan fingerprint density at radius 2 is 1.84 bits per heavy atom. The highest BCUT2D eigenvalue weighted by molar-refractivity contribution is 7.16. The summed E-state index contributed by atoms with van der Waals surface area (Å²) in [4.78, 5) is 31.5. The number of nitrogens with zero attached hydrogens (tertiary/aromatic N) is 2. The molecule has 1 aliphatic rings. The average molecular weight is 510 g/mol. The molecule has 3 heterocycles. The fourth-order valence-corrected chi connectivity index (χ4v) is 5.38. The van der Waals surface area contributed by atoms with Gasteiger partial charge in [-0.05, 0) is 61.4 Å². The number of anilines is 1. The second kappa shape index (κ2) is 9.22. The maximum atomic E-state index is 13.1. The lowest BCUT2D eigenvalue weighted by molar-refractivity contribution is -0.115. The van der Waals surface area contributed by atoms with E-state index in [0.717, 1.165) is 38.2 Å². The van der Waals surface area contributed by atoms with Crippen LogP contribution in [0.1, 0.15) is 26.4 Å². The van der Waals surface area contributed by atoms with Gasteiger partial charge in [-0.3, -0.25) is 14.2 Å². The number of nitrogens with one attached hydrogen (secondary N) is 1. The van der Waals surface area contributed by atoms with E-state index in [0.29, 0.717) is 22.2 Å². The Labute approximate surface area is 217 Å². The van der Waals surface area contributed by atoms with Crippen LogP contribution in [0.5, 0.6) is 11.5 Å². The number of carbonyl (C=O) groups is 2. The highest BCUT2D eigenvalue weighted by Crippen LogP contribution is 2.34. The number of hydrogen-bond donors (Lipinski definition) is 1. The number of carbonyl (C=O) groups excluding carboxylic acids is 2. The average Bonchev–Trinajstić information content (AvgIpc) is 3.61. The molecule has 0 spiro atoms. The summed E-state index contributed by atoms with van der Waals surface area (Å²) in [6, 6.07) is 20.9. The van der Waals surface area contributed by atoms with Crippen molar-refractivity contribution in [3.8, 4) is 22.8 Å². The molecule has 1 N–H and O–H groups in total. The predicted octanol–water partition coefficient (Wildman–Crippen LogP) is 5.98. The van der Waals surface area contributed by atoms with Crippen LogP contribution in [0.15, 0.2) is 72.9 Å². The molecule has 7 nitrogen and oxygen atoms in total. The maximum Gasteiger partial charge on any atom is 0.262 e. The molecule has 0 saturated heterocycles. The van der Waals surface area contributed by atoms with Crippen LogP contribution < -0.4 is 14.8 Å². The first-order valence-corrected chi connectivity index (χ1v) is 12.7. The second-order valence-electron chi connectivity index (χ2n) is 8.92. The summed E-state index contributed by atoms with van der Waals surface area (Å²) in [6.45, 7) is 4.12. The van der Waals surface area contributed by atoms with E-state index in [1.165, 1.54) is 11.3 Å². The number of fused-ring (bicyclic) bond motifs is 2. The van der Waals surface area contributed by atoms with Crippen molar-refractivity contribution in [2.24, 2.45) is 0 Å². The number of aryl methyl sites for hydroxylation is 2. The van der Waals surface area contributed by atoms with Gasteiger partial charge in [0.05, 0.1) is 17.6 Å². The number of aromatic nitrogens is 2. The third-order valence-electron chi connectivity index (χ3n) is 6.40. The molecule has 37 heavy (non-hydrogen) atoms. The van der Waals surface area contributed by atoms with Gasteiger partial charge in [0.15, 0.2) is 16.6 Å². The minimum atomic E-state index is -0.151. The van der Waals surface area contributed by atoms with Crippen LogP contribution in [0, 0.1) is 13.8 Å². The highest BCUT2D eigenvalue weighted by Gasteiger charge is 2.18. The second-order valence-corrected chi connectivity index (χ2v) is 10.1. The molecule has 0 saturated carbocycles. The monoisotopic (exact) mass is 509 g/mol. The van der Waals surface area contributed by atoms with Crippen molar-refractivity contribution in [2.45, 2.75) is 20.3 Å². The van der Waals surface area contributed by atoms with Gasteiger partial charge < -0.3 is 14.8 Å². The van der Waals surface area contributed by atoms with Crippen molar-refractivity contribution >= 4 is 39.2 Å². The van der Waals surface area contributed by atoms with Crippen molar-refractivity contribution in [1.82, 2.24) is 9.55 Å². The first-order valence-electron chi connectivity index (χ1n) is 11.8. The number of rotatable bonds is 5. The molecule has 5 aromatic rings. The largest absolute Gasteiger partial charge is 0.454 e. The Morgan fingerprint density at radius 3 is 2.70 bits per heavy atom. The molecule has 3 aromatic carbocycles. The summed E-state index contributed by atoms with van der Waals surface area (Å²) >= 11 is 1.44. The van der Waals surface area contributed by atoms with Gasteiger partial charge in [-0.25, -0.2) is 4.98 Å². The van der Waals surface area contributed by atoms with E-state index in [2.05, 4.69) is 5.32 Å². The van der Waals surface area contributed by atoms with Crippen molar-refractivity contribution in [3.63, 3.8) is 0 Å². The molecule has 0 radical (unpaired) electrons. The quantitative estimate of drug-likeness (QED) is 0.315. The van der Waals surface area contributed by atoms with Crippen LogP contribution in [0.25, 0.3) is 22.2 Å². The summed E-state index contributed by atoms with van der Waals surface area (Å²) < 4.78 is 12.4. The predicted molar refractivity (Wildman–Crippen MR) is 144 cm³/mol. The van der Waals surface area contributed by atoms with Crippen LogP contribution in [-0.2, 0) is 11.2 Å². The summed E-state index contributed by atoms with van der Waals surface area (Å²) in [6.07, 6.45) is 2.01. The fourth-order valence-electron chi connectivity index (χ4n) is 4.53. The fraction of sp³-hybridized carbons (Fsp3) is 0.138. The van der Waals surface area contributed by atoms with Crippen molar-refractivity contribution in [3.05, 3.63) is 94.5 Å². The molecular weight excluding hydrogens is 486 g/mol. The van der Waals surface area contributed by atoms with E-state index < -0.39 is 0 Å². The molecule has 0 atom stereocenters. The van der Waals surface area contributed by atoms with Gasteiger partial charge in [0.1, 0.15) is 0 Å². The Balaban J connectivity index is 1.21. The van der Waals surface area contributed by atoms with Crippen LogP contribution in [-0.4, -0.2) is 28.2 Å². The molecule has 1 amide bonds. The molecule has 1 aliphatic heterocycles. The van der Waals surface area contributed by atoms with Crippen molar-refractivity contribution < 1.29 is 19.1 Å². The summed E-state index contributed by atoms with van der Waals surface area (Å²) in [5.41, 5.74) is 5.03. The Kier molecular flexibility index (Phi) is 5.73. The molecular formula is C29H23N3O4S. The SMILES string of the molecule is Cc1ccccc1C(=O)n1ccc2cc(-c3nc(NC(=O)Cc4ccc5c(c4)OCO5)sc3C)ccc21. The topological polar surface area (TPSA) is 82.5 Å². The minimum absolute atomic E-state index is 0.0573.